The largest absolute Gasteiger partial charge is 0.310 e. The lowest BCUT2D eigenvalue weighted by Gasteiger charge is -2.34. The number of para-hydroxylation sites is 1. The van der Waals surface area contributed by atoms with E-state index < -0.39 is 10.8 Å². The van der Waals surface area contributed by atoms with E-state index in [1.807, 2.05) is 0 Å². The Morgan fingerprint density at radius 2 is 0.602 bits per heavy atom. The minimum Gasteiger partial charge on any atom is -0.310 e. The van der Waals surface area contributed by atoms with Gasteiger partial charge in [0.15, 0.2) is 0 Å². The Morgan fingerprint density at radius 1 is 0.216 bits per heavy atom. The molecule has 0 N–H and O–H groups in total. The van der Waals surface area contributed by atoms with E-state index in [1.165, 1.54) is 122 Å². The highest BCUT2D eigenvalue weighted by atomic mass is 15.1. The summed E-state index contributed by atoms with van der Waals surface area (Å²) in [6.45, 7) is 0. The molecule has 1 aromatic heterocycles. The zero-order chi connectivity index (χ0) is 57.9. The van der Waals surface area contributed by atoms with E-state index in [2.05, 4.69) is 349 Å². The highest BCUT2D eigenvalue weighted by molar-refractivity contribution is 6.11. The lowest BCUT2D eigenvalue weighted by molar-refractivity contribution is 0.767. The molecule has 0 aliphatic heterocycles. The van der Waals surface area contributed by atoms with Crippen molar-refractivity contribution in [2.45, 2.75) is 10.8 Å². The van der Waals surface area contributed by atoms with E-state index in [0.717, 1.165) is 33.9 Å². The van der Waals surface area contributed by atoms with Gasteiger partial charge in [-0.15, -0.1) is 0 Å². The van der Waals surface area contributed by atoms with Crippen LogP contribution in [-0.2, 0) is 10.8 Å². The van der Waals surface area contributed by atoms with E-state index in [0.29, 0.717) is 0 Å². The summed E-state index contributed by atoms with van der Waals surface area (Å²) in [5.41, 5.74) is 31.0. The van der Waals surface area contributed by atoms with E-state index in [4.69, 9.17) is 0 Å². The first kappa shape index (κ1) is 50.0. The molecule has 0 atom stereocenters. The Kier molecular flexibility index (Phi) is 11.2. The first-order valence-electron chi connectivity index (χ1n) is 30.6. The number of nitrogens with zero attached hydrogens (tertiary/aromatic N) is 2. The number of hydrogen-bond acceptors (Lipinski definition) is 1. The van der Waals surface area contributed by atoms with Gasteiger partial charge in [-0.3, -0.25) is 0 Å². The van der Waals surface area contributed by atoms with Crippen LogP contribution in [0.4, 0.5) is 17.1 Å². The van der Waals surface area contributed by atoms with Crippen LogP contribution in [-0.4, -0.2) is 4.57 Å². The van der Waals surface area contributed by atoms with Crippen molar-refractivity contribution in [3.63, 3.8) is 0 Å². The van der Waals surface area contributed by atoms with E-state index in [-0.39, 0.29) is 0 Å². The molecule has 2 nitrogen and oxygen atoms in total. The summed E-state index contributed by atoms with van der Waals surface area (Å²) in [6, 6.07) is 127. The van der Waals surface area contributed by atoms with Crippen molar-refractivity contribution in [1.82, 2.24) is 4.57 Å². The highest BCUT2D eigenvalue weighted by Gasteiger charge is 2.52. The standard InChI is InChI=1S/C86H56N2/c1-4-22-57(23-5-1)58-40-45-63(46-41-58)87(65-49-52-74-72-33-15-20-38-80(72)86(82(74)55-65)78-36-18-13-30-69(78)70-31-14-19-37-79(70)86)64-47-42-59(43-48-64)67-28-10-11-29-68(67)60-44-51-76-75-34-16-21-39-83(75)88(84(76)54-60)66-50-53-73-71-32-12-17-35-77(71)85(81(73)56-66,61-24-6-2-7-25-61)62-26-8-3-9-27-62/h1-56H. The molecule has 14 aromatic carbocycles. The molecule has 0 amide bonds. The molecule has 15 aromatic rings. The maximum Gasteiger partial charge on any atom is 0.0726 e. The summed E-state index contributed by atoms with van der Waals surface area (Å²) in [5.74, 6) is 0. The molecule has 1 spiro atoms. The number of aromatic nitrogens is 1. The molecule has 0 fully saturated rings. The fourth-order valence-corrected chi connectivity index (χ4v) is 15.9. The molecule has 0 saturated heterocycles. The number of rotatable bonds is 9. The lowest BCUT2D eigenvalue weighted by atomic mass is 9.67. The van der Waals surface area contributed by atoms with Gasteiger partial charge in [-0.05, 0) is 172 Å². The van der Waals surface area contributed by atoms with Crippen LogP contribution in [0.3, 0.4) is 0 Å². The maximum absolute atomic E-state index is 2.50. The second-order valence-corrected chi connectivity index (χ2v) is 23.8. The van der Waals surface area contributed by atoms with Crippen LogP contribution in [0.25, 0.3) is 94.3 Å². The van der Waals surface area contributed by atoms with Crippen molar-refractivity contribution in [1.29, 1.82) is 0 Å². The molecular formula is C86H56N2. The predicted octanol–water partition coefficient (Wildman–Crippen LogP) is 22.0. The molecule has 0 saturated carbocycles. The molecule has 0 radical (unpaired) electrons. The molecule has 3 aliphatic carbocycles. The Labute approximate surface area is 512 Å². The van der Waals surface area contributed by atoms with Crippen molar-refractivity contribution in [2.75, 3.05) is 4.90 Å². The van der Waals surface area contributed by atoms with Crippen molar-refractivity contribution in [3.05, 3.63) is 384 Å². The summed E-state index contributed by atoms with van der Waals surface area (Å²) in [6.07, 6.45) is 0. The van der Waals surface area contributed by atoms with Gasteiger partial charge in [0, 0.05) is 33.5 Å². The Bertz CT molecular complexity index is 5150. The number of anilines is 3. The van der Waals surface area contributed by atoms with Crippen molar-refractivity contribution in [3.8, 4) is 72.4 Å². The number of fused-ring (bicyclic) bond motifs is 16. The van der Waals surface area contributed by atoms with Crippen LogP contribution in [0.1, 0.15) is 44.5 Å². The third-order valence-electron chi connectivity index (χ3n) is 19.5. The quantitative estimate of drug-likeness (QED) is 0.140. The highest BCUT2D eigenvalue weighted by Crippen LogP contribution is 2.64. The fourth-order valence-electron chi connectivity index (χ4n) is 15.9. The van der Waals surface area contributed by atoms with Crippen LogP contribution >= 0.6 is 0 Å². The van der Waals surface area contributed by atoms with Gasteiger partial charge in [-0.1, -0.05) is 279 Å². The molecule has 0 bridgehead atoms. The van der Waals surface area contributed by atoms with Crippen molar-refractivity contribution < 1.29 is 0 Å². The zero-order valence-corrected chi connectivity index (χ0v) is 48.2. The Balaban J connectivity index is 0.770. The second kappa shape index (κ2) is 19.6. The van der Waals surface area contributed by atoms with Crippen LogP contribution in [0.15, 0.2) is 340 Å². The molecule has 1 heterocycles. The monoisotopic (exact) mass is 1120 g/mol. The minimum absolute atomic E-state index is 0.465. The van der Waals surface area contributed by atoms with Crippen molar-refractivity contribution in [2.24, 2.45) is 0 Å². The molecule has 0 unspecified atom stereocenters. The van der Waals surface area contributed by atoms with E-state index in [9.17, 15) is 0 Å². The van der Waals surface area contributed by atoms with Gasteiger partial charge >= 0.3 is 0 Å². The molecule has 2 heteroatoms. The topological polar surface area (TPSA) is 8.17 Å². The minimum atomic E-state index is -0.515. The normalized spacial score (nSPS) is 13.4. The van der Waals surface area contributed by atoms with Gasteiger partial charge in [-0.25, -0.2) is 0 Å². The van der Waals surface area contributed by atoms with E-state index in [1.54, 1.807) is 0 Å². The Morgan fingerprint density at radius 3 is 1.17 bits per heavy atom. The lowest BCUT2D eigenvalue weighted by Crippen LogP contribution is -2.28. The molecule has 3 aliphatic rings. The van der Waals surface area contributed by atoms with Gasteiger partial charge in [0.1, 0.15) is 0 Å². The molecular weight excluding hydrogens is 1060 g/mol. The first-order chi connectivity index (χ1) is 43.7. The third-order valence-corrected chi connectivity index (χ3v) is 19.5. The van der Waals surface area contributed by atoms with Gasteiger partial charge in [0.25, 0.3) is 0 Å². The summed E-state index contributed by atoms with van der Waals surface area (Å²) < 4.78 is 2.50. The average molecular weight is 1120 g/mol. The maximum atomic E-state index is 2.50. The molecule has 88 heavy (non-hydrogen) atoms. The molecule has 410 valence electrons. The summed E-state index contributed by atoms with van der Waals surface area (Å²) in [5, 5.41) is 2.45. The van der Waals surface area contributed by atoms with Gasteiger partial charge < -0.3 is 9.47 Å². The summed E-state index contributed by atoms with van der Waals surface area (Å²) in [4.78, 5) is 2.45. The summed E-state index contributed by atoms with van der Waals surface area (Å²) >= 11 is 0. The Hall–Kier alpha value is -11.3. The predicted molar refractivity (Wildman–Crippen MR) is 365 cm³/mol. The van der Waals surface area contributed by atoms with Crippen LogP contribution in [0, 0.1) is 0 Å². The van der Waals surface area contributed by atoms with Gasteiger partial charge in [0.05, 0.1) is 21.9 Å². The SMILES string of the molecule is c1ccc(-c2ccc(N(c3ccc(-c4ccccc4-c4ccc5c6ccccc6n(-c6ccc7c(c6)C(c6ccccc6)(c6ccccc6)c6ccccc6-7)c5c4)cc3)c3ccc4c(c3)C3(c5ccccc5-c5ccccc53)c3ccccc3-4)cc2)cc1. The van der Waals surface area contributed by atoms with Crippen LogP contribution in [0.5, 0.6) is 0 Å². The number of benzene rings is 14. The molecule has 18 rings (SSSR count). The van der Waals surface area contributed by atoms with Crippen LogP contribution in [0.2, 0.25) is 0 Å². The van der Waals surface area contributed by atoms with Crippen molar-refractivity contribution >= 4 is 38.9 Å². The van der Waals surface area contributed by atoms with Crippen LogP contribution < -0.4 is 4.90 Å². The first-order valence-corrected chi connectivity index (χ1v) is 30.6. The number of hydrogen-bond donors (Lipinski definition) is 0. The smallest absolute Gasteiger partial charge is 0.0726 e. The van der Waals surface area contributed by atoms with E-state index >= 15 is 0 Å². The summed E-state index contributed by atoms with van der Waals surface area (Å²) in [7, 11) is 0. The average Bonchev–Trinajstić information content (AvgIpc) is 1.53. The fraction of sp³-hybridized carbons (Fsp3) is 0.0233. The van der Waals surface area contributed by atoms with Gasteiger partial charge in [-0.2, -0.15) is 0 Å². The third kappa shape index (κ3) is 7.18. The zero-order valence-electron chi connectivity index (χ0n) is 48.2. The van der Waals surface area contributed by atoms with Gasteiger partial charge in [0.2, 0.25) is 0 Å². The second-order valence-electron chi connectivity index (χ2n) is 23.8.